The standard InChI is InChI=1S/C14H12BrF3N4O/c15-6-7-23-11-8-10(9-4-2-1-3-5-9)12-19-20-13(14(16,17)18)22(12)21-11/h1-5,10H,6-8H2. The molecule has 0 radical (unpaired) electrons. The van der Waals surface area contributed by atoms with Gasteiger partial charge in [-0.3, -0.25) is 0 Å². The van der Waals surface area contributed by atoms with E-state index in [1.807, 2.05) is 30.3 Å². The Balaban J connectivity index is 2.06. The Labute approximate surface area is 138 Å². The number of ether oxygens (including phenoxy) is 1. The molecule has 1 unspecified atom stereocenters. The first-order chi connectivity index (χ1) is 11.0. The molecule has 0 N–H and O–H groups in total. The molecule has 0 saturated carbocycles. The number of benzene rings is 1. The maximum absolute atomic E-state index is 13.1. The summed E-state index contributed by atoms with van der Waals surface area (Å²) in [6, 6.07) is 9.17. The fraction of sp³-hybridized carbons (Fsp3) is 0.357. The zero-order valence-electron chi connectivity index (χ0n) is 11.8. The van der Waals surface area contributed by atoms with Crippen LogP contribution in [0.15, 0.2) is 35.4 Å². The van der Waals surface area contributed by atoms with Crippen molar-refractivity contribution in [1.82, 2.24) is 14.9 Å². The fourth-order valence-electron chi connectivity index (χ4n) is 2.40. The molecule has 2 aromatic rings. The SMILES string of the molecule is FC(F)(F)c1nnc2n1N=C(OCCBr)CC2c1ccccc1. The number of fused-ring (bicyclic) bond motifs is 1. The van der Waals surface area contributed by atoms with Crippen LogP contribution in [0.2, 0.25) is 0 Å². The zero-order valence-corrected chi connectivity index (χ0v) is 13.4. The van der Waals surface area contributed by atoms with Crippen LogP contribution in [0.5, 0.6) is 0 Å². The fourth-order valence-corrected chi connectivity index (χ4v) is 2.56. The van der Waals surface area contributed by atoms with Crippen LogP contribution in [0.25, 0.3) is 0 Å². The van der Waals surface area contributed by atoms with Crippen LogP contribution in [-0.4, -0.2) is 32.7 Å². The van der Waals surface area contributed by atoms with Crippen LogP contribution in [0.4, 0.5) is 13.2 Å². The van der Waals surface area contributed by atoms with Gasteiger partial charge in [-0.1, -0.05) is 46.3 Å². The van der Waals surface area contributed by atoms with Crippen molar-refractivity contribution >= 4 is 21.8 Å². The molecule has 1 aromatic carbocycles. The third-order valence-corrected chi connectivity index (χ3v) is 3.69. The van der Waals surface area contributed by atoms with Crippen LogP contribution >= 0.6 is 15.9 Å². The van der Waals surface area contributed by atoms with Crippen molar-refractivity contribution in [2.24, 2.45) is 5.10 Å². The van der Waals surface area contributed by atoms with Crippen LogP contribution in [0.3, 0.4) is 0 Å². The maximum Gasteiger partial charge on any atom is 0.453 e. The lowest BCUT2D eigenvalue weighted by Crippen LogP contribution is -2.24. The lowest BCUT2D eigenvalue weighted by molar-refractivity contribution is -0.147. The van der Waals surface area contributed by atoms with Gasteiger partial charge in [0.25, 0.3) is 5.82 Å². The van der Waals surface area contributed by atoms with Gasteiger partial charge in [0.05, 0.1) is 12.5 Å². The first-order valence-corrected chi connectivity index (χ1v) is 7.97. The molecule has 0 bridgehead atoms. The van der Waals surface area contributed by atoms with E-state index in [1.54, 1.807) is 0 Å². The maximum atomic E-state index is 13.1. The quantitative estimate of drug-likeness (QED) is 0.757. The summed E-state index contributed by atoms with van der Waals surface area (Å²) in [4.78, 5) is 0. The van der Waals surface area contributed by atoms with E-state index in [0.29, 0.717) is 18.4 Å². The second-order valence-corrected chi connectivity index (χ2v) is 5.68. The van der Waals surface area contributed by atoms with Crippen molar-refractivity contribution < 1.29 is 17.9 Å². The topological polar surface area (TPSA) is 52.3 Å². The molecular weight excluding hydrogens is 377 g/mol. The molecule has 0 spiro atoms. The predicted molar refractivity (Wildman–Crippen MR) is 80.5 cm³/mol. The van der Waals surface area contributed by atoms with Gasteiger partial charge in [-0.05, 0) is 5.56 Å². The summed E-state index contributed by atoms with van der Waals surface area (Å²) in [5.41, 5.74) is 0.838. The number of alkyl halides is 4. The summed E-state index contributed by atoms with van der Waals surface area (Å²) in [5, 5.41) is 11.5. The Morgan fingerprint density at radius 2 is 1.96 bits per heavy atom. The third-order valence-electron chi connectivity index (χ3n) is 3.37. The Morgan fingerprint density at radius 1 is 1.22 bits per heavy atom. The van der Waals surface area contributed by atoms with E-state index in [0.717, 1.165) is 10.2 Å². The molecule has 1 atom stereocenters. The van der Waals surface area contributed by atoms with Crippen molar-refractivity contribution in [3.63, 3.8) is 0 Å². The number of hydrogen-bond donors (Lipinski definition) is 0. The molecule has 0 aliphatic carbocycles. The van der Waals surface area contributed by atoms with Gasteiger partial charge in [-0.2, -0.15) is 17.8 Å². The minimum absolute atomic E-state index is 0.162. The molecule has 5 nitrogen and oxygen atoms in total. The van der Waals surface area contributed by atoms with Crippen molar-refractivity contribution in [2.75, 3.05) is 11.9 Å². The van der Waals surface area contributed by atoms with Gasteiger partial charge >= 0.3 is 6.18 Å². The second kappa shape index (κ2) is 6.31. The summed E-state index contributed by atoms with van der Waals surface area (Å²) in [5.74, 6) is -1.14. The summed E-state index contributed by atoms with van der Waals surface area (Å²) >= 11 is 3.22. The van der Waals surface area contributed by atoms with Gasteiger partial charge in [0.15, 0.2) is 5.82 Å². The van der Waals surface area contributed by atoms with Crippen LogP contribution in [0.1, 0.15) is 29.6 Å². The van der Waals surface area contributed by atoms with Crippen LogP contribution in [-0.2, 0) is 10.9 Å². The average Bonchev–Trinajstić information content (AvgIpc) is 2.97. The molecule has 0 fully saturated rings. The molecule has 1 aromatic heterocycles. The van der Waals surface area contributed by atoms with Gasteiger partial charge < -0.3 is 4.74 Å². The normalized spacial score (nSPS) is 17.6. The number of halogens is 4. The number of rotatable bonds is 3. The molecule has 9 heteroatoms. The predicted octanol–water partition coefficient (Wildman–Crippen LogP) is 3.41. The molecule has 1 aliphatic rings. The lowest BCUT2D eigenvalue weighted by Gasteiger charge is -2.23. The van der Waals surface area contributed by atoms with Crippen LogP contribution < -0.4 is 0 Å². The number of nitrogens with zero attached hydrogens (tertiary/aromatic N) is 4. The van der Waals surface area contributed by atoms with E-state index in [9.17, 15) is 13.2 Å². The largest absolute Gasteiger partial charge is 0.479 e. The van der Waals surface area contributed by atoms with Crippen molar-refractivity contribution in [2.45, 2.75) is 18.5 Å². The monoisotopic (exact) mass is 388 g/mol. The molecule has 1 aliphatic heterocycles. The van der Waals surface area contributed by atoms with E-state index >= 15 is 0 Å². The molecular formula is C14H12BrF3N4O. The highest BCUT2D eigenvalue weighted by molar-refractivity contribution is 9.09. The molecule has 23 heavy (non-hydrogen) atoms. The highest BCUT2D eigenvalue weighted by Crippen LogP contribution is 2.35. The first kappa shape index (κ1) is 16.0. The summed E-state index contributed by atoms with van der Waals surface area (Å²) < 4.78 is 45.4. The molecule has 3 rings (SSSR count). The minimum Gasteiger partial charge on any atom is -0.479 e. The Morgan fingerprint density at radius 3 is 2.61 bits per heavy atom. The first-order valence-electron chi connectivity index (χ1n) is 6.84. The molecule has 0 amide bonds. The smallest absolute Gasteiger partial charge is 0.453 e. The van der Waals surface area contributed by atoms with Crippen molar-refractivity contribution in [3.05, 3.63) is 47.5 Å². The summed E-state index contributed by atoms with van der Waals surface area (Å²) in [7, 11) is 0. The Hall–Kier alpha value is -1.90. The van der Waals surface area contributed by atoms with Gasteiger partial charge in [-0.25, -0.2) is 0 Å². The van der Waals surface area contributed by atoms with Gasteiger partial charge in [0.1, 0.15) is 0 Å². The van der Waals surface area contributed by atoms with E-state index in [2.05, 4.69) is 31.2 Å². The van der Waals surface area contributed by atoms with E-state index < -0.39 is 12.0 Å². The summed E-state index contributed by atoms with van der Waals surface area (Å²) in [6.07, 6.45) is -4.29. The highest BCUT2D eigenvalue weighted by atomic mass is 79.9. The summed E-state index contributed by atoms with van der Waals surface area (Å²) in [6.45, 7) is 0.319. The number of hydrogen-bond acceptors (Lipinski definition) is 4. The third kappa shape index (κ3) is 3.24. The van der Waals surface area contributed by atoms with Gasteiger partial charge in [0, 0.05) is 11.8 Å². The van der Waals surface area contributed by atoms with Gasteiger partial charge in [0.2, 0.25) is 5.90 Å². The highest BCUT2D eigenvalue weighted by Gasteiger charge is 2.41. The molecule has 2 heterocycles. The molecule has 0 saturated heterocycles. The van der Waals surface area contributed by atoms with Crippen LogP contribution in [0, 0.1) is 0 Å². The average molecular weight is 389 g/mol. The van der Waals surface area contributed by atoms with Crippen molar-refractivity contribution in [1.29, 1.82) is 0 Å². The van der Waals surface area contributed by atoms with E-state index in [1.165, 1.54) is 0 Å². The van der Waals surface area contributed by atoms with Crippen molar-refractivity contribution in [3.8, 4) is 0 Å². The zero-order chi connectivity index (χ0) is 16.4. The van der Waals surface area contributed by atoms with E-state index in [-0.39, 0.29) is 17.6 Å². The second-order valence-electron chi connectivity index (χ2n) is 4.89. The minimum atomic E-state index is -4.63. The number of aromatic nitrogens is 3. The van der Waals surface area contributed by atoms with Gasteiger partial charge in [-0.15, -0.1) is 15.3 Å². The molecule has 122 valence electrons. The lowest BCUT2D eigenvalue weighted by atomic mass is 9.94. The Bertz CT molecular complexity index is 715. The Kier molecular flexibility index (Phi) is 4.38. The van der Waals surface area contributed by atoms with E-state index in [4.69, 9.17) is 4.74 Å².